The van der Waals surface area contributed by atoms with E-state index in [1.54, 1.807) is 18.7 Å². The number of nitrogens with one attached hydrogen (secondary N) is 2. The fraction of sp³-hybridized carbons (Fsp3) is 0.500. The zero-order valence-electron chi connectivity index (χ0n) is 20.5. The summed E-state index contributed by atoms with van der Waals surface area (Å²) >= 11 is 1.69. The van der Waals surface area contributed by atoms with Crippen LogP contribution in [0.4, 0.5) is 0 Å². The molecule has 0 atom stereocenters. The summed E-state index contributed by atoms with van der Waals surface area (Å²) in [6, 6.07) is 8.20. The monoisotopic (exact) mass is 485 g/mol. The third kappa shape index (κ3) is 6.44. The maximum absolute atomic E-state index is 12.8. The first kappa shape index (κ1) is 25.9. The van der Waals surface area contributed by atoms with Crippen LogP contribution in [0.2, 0.25) is 0 Å². The van der Waals surface area contributed by atoms with Crippen LogP contribution in [0, 0.1) is 19.8 Å². The van der Waals surface area contributed by atoms with E-state index in [0.29, 0.717) is 57.6 Å². The zero-order valence-corrected chi connectivity index (χ0v) is 21.3. The minimum atomic E-state index is -0.363. The molecule has 1 saturated heterocycles. The number of benzene rings is 1. The highest BCUT2D eigenvalue weighted by Gasteiger charge is 2.27. The number of thioether (sulfide) groups is 1. The predicted molar refractivity (Wildman–Crippen MR) is 134 cm³/mol. The first-order valence-corrected chi connectivity index (χ1v) is 13.1. The Labute approximate surface area is 206 Å². The van der Waals surface area contributed by atoms with Crippen molar-refractivity contribution in [2.45, 2.75) is 57.9 Å². The smallest absolute Gasteiger partial charge is 0.355 e. The molecule has 2 N–H and O–H groups in total. The minimum Gasteiger partial charge on any atom is -0.461 e. The van der Waals surface area contributed by atoms with E-state index >= 15 is 0 Å². The van der Waals surface area contributed by atoms with Gasteiger partial charge in [-0.15, -0.1) is 11.8 Å². The van der Waals surface area contributed by atoms with Crippen LogP contribution in [0.3, 0.4) is 0 Å². The lowest BCUT2D eigenvalue weighted by Gasteiger charge is -2.31. The fourth-order valence-electron chi connectivity index (χ4n) is 4.43. The molecule has 0 unspecified atom stereocenters. The zero-order chi connectivity index (χ0) is 24.7. The van der Waals surface area contributed by atoms with Crippen molar-refractivity contribution in [2.24, 2.45) is 5.92 Å². The number of aromatic amines is 1. The molecular formula is C26H35N3O4S. The Morgan fingerprint density at radius 3 is 2.44 bits per heavy atom. The van der Waals surface area contributed by atoms with Gasteiger partial charge >= 0.3 is 5.97 Å². The molecule has 2 amide bonds. The van der Waals surface area contributed by atoms with Crippen molar-refractivity contribution in [1.29, 1.82) is 0 Å². The maximum atomic E-state index is 12.8. The molecule has 0 radical (unpaired) electrons. The summed E-state index contributed by atoms with van der Waals surface area (Å²) in [7, 11) is 0. The lowest BCUT2D eigenvalue weighted by Crippen LogP contribution is -2.43. The van der Waals surface area contributed by atoms with E-state index in [4.69, 9.17) is 4.74 Å². The molecule has 0 saturated carbocycles. The number of aryl methyl sites for hydroxylation is 1. The average Bonchev–Trinajstić information content (AvgIpc) is 3.14. The Morgan fingerprint density at radius 1 is 1.15 bits per heavy atom. The number of H-pyrrole nitrogens is 1. The third-order valence-corrected chi connectivity index (χ3v) is 7.25. The molecular weight excluding hydrogens is 450 g/mol. The SMILES string of the molecule is CCOC(=O)c1[nH]c(C)c(CCC(=O)N2CCC(C(=O)NCc3ccc(SC)cc3)CC2)c1C. The number of carbonyl (C=O) groups is 3. The number of ether oxygens (including phenoxy) is 1. The van der Waals surface area contributed by atoms with Crippen LogP contribution < -0.4 is 5.32 Å². The largest absolute Gasteiger partial charge is 0.461 e. The van der Waals surface area contributed by atoms with E-state index in [2.05, 4.69) is 22.4 Å². The van der Waals surface area contributed by atoms with Crippen molar-refractivity contribution in [3.05, 3.63) is 52.3 Å². The molecule has 1 aromatic carbocycles. The molecule has 1 fully saturated rings. The van der Waals surface area contributed by atoms with Crippen molar-refractivity contribution in [2.75, 3.05) is 26.0 Å². The van der Waals surface area contributed by atoms with Crippen molar-refractivity contribution in [1.82, 2.24) is 15.2 Å². The van der Waals surface area contributed by atoms with Gasteiger partial charge in [0.1, 0.15) is 5.69 Å². The minimum absolute atomic E-state index is 0.0594. The van der Waals surface area contributed by atoms with Gasteiger partial charge in [0.25, 0.3) is 0 Å². The summed E-state index contributed by atoms with van der Waals surface area (Å²) in [6.07, 6.45) is 4.35. The summed E-state index contributed by atoms with van der Waals surface area (Å²) in [6.45, 7) is 7.61. The number of esters is 1. The molecule has 1 aliphatic rings. The summed E-state index contributed by atoms with van der Waals surface area (Å²) in [5.74, 6) is -0.273. The number of carbonyl (C=O) groups excluding carboxylic acids is 3. The van der Waals surface area contributed by atoms with Crippen LogP contribution in [-0.4, -0.2) is 53.6 Å². The molecule has 8 heteroatoms. The predicted octanol–water partition coefficient (Wildman–Crippen LogP) is 4.02. The van der Waals surface area contributed by atoms with Gasteiger partial charge in [0.2, 0.25) is 11.8 Å². The van der Waals surface area contributed by atoms with Gasteiger partial charge in [-0.25, -0.2) is 4.79 Å². The second kappa shape index (κ2) is 12.1. The van der Waals surface area contributed by atoms with E-state index in [1.807, 2.05) is 37.1 Å². The number of hydrogen-bond acceptors (Lipinski definition) is 5. The Balaban J connectivity index is 1.44. The number of amides is 2. The van der Waals surface area contributed by atoms with Crippen molar-refractivity contribution in [3.8, 4) is 0 Å². The van der Waals surface area contributed by atoms with E-state index in [0.717, 1.165) is 22.4 Å². The van der Waals surface area contributed by atoms with Crippen LogP contribution in [0.25, 0.3) is 0 Å². The number of nitrogens with zero attached hydrogens (tertiary/aromatic N) is 1. The molecule has 7 nitrogen and oxygen atoms in total. The maximum Gasteiger partial charge on any atom is 0.355 e. The van der Waals surface area contributed by atoms with E-state index in [1.165, 1.54) is 4.90 Å². The Morgan fingerprint density at radius 2 is 1.82 bits per heavy atom. The Bertz CT molecular complexity index is 1010. The van der Waals surface area contributed by atoms with Crippen molar-refractivity contribution >= 4 is 29.5 Å². The van der Waals surface area contributed by atoms with Gasteiger partial charge in [0, 0.05) is 42.6 Å². The van der Waals surface area contributed by atoms with Crippen LogP contribution in [0.15, 0.2) is 29.2 Å². The summed E-state index contributed by atoms with van der Waals surface area (Å²) in [5.41, 5.74) is 4.29. The molecule has 34 heavy (non-hydrogen) atoms. The second-order valence-corrected chi connectivity index (χ2v) is 9.55. The van der Waals surface area contributed by atoms with Gasteiger partial charge < -0.3 is 19.9 Å². The van der Waals surface area contributed by atoms with Gasteiger partial charge in [0.05, 0.1) is 6.61 Å². The third-order valence-electron chi connectivity index (χ3n) is 6.51. The van der Waals surface area contributed by atoms with Crippen LogP contribution in [-0.2, 0) is 27.3 Å². The van der Waals surface area contributed by atoms with Gasteiger partial charge in [-0.05, 0) is 75.1 Å². The highest BCUT2D eigenvalue weighted by Crippen LogP contribution is 2.23. The molecule has 0 spiro atoms. The molecule has 1 aliphatic heterocycles. The fourth-order valence-corrected chi connectivity index (χ4v) is 4.84. The second-order valence-electron chi connectivity index (χ2n) is 8.67. The highest BCUT2D eigenvalue weighted by molar-refractivity contribution is 7.98. The summed E-state index contributed by atoms with van der Waals surface area (Å²) < 4.78 is 5.10. The molecule has 1 aromatic heterocycles. The number of aromatic nitrogens is 1. The molecule has 184 valence electrons. The highest BCUT2D eigenvalue weighted by atomic mass is 32.2. The Kier molecular flexibility index (Phi) is 9.21. The lowest BCUT2D eigenvalue weighted by atomic mass is 9.95. The molecule has 3 rings (SSSR count). The topological polar surface area (TPSA) is 91.5 Å². The molecule has 0 bridgehead atoms. The summed E-state index contributed by atoms with van der Waals surface area (Å²) in [5, 5.41) is 3.04. The van der Waals surface area contributed by atoms with E-state index in [9.17, 15) is 14.4 Å². The quantitative estimate of drug-likeness (QED) is 0.414. The van der Waals surface area contributed by atoms with E-state index in [-0.39, 0.29) is 23.7 Å². The molecule has 0 aliphatic carbocycles. The van der Waals surface area contributed by atoms with Crippen LogP contribution in [0.5, 0.6) is 0 Å². The standard InChI is InChI=1S/C26H35N3O4S/c1-5-33-26(32)24-17(2)22(18(3)28-24)10-11-23(30)29-14-12-20(13-15-29)25(31)27-16-19-6-8-21(34-4)9-7-19/h6-9,20,28H,5,10-16H2,1-4H3,(H,27,31). The molecule has 2 heterocycles. The van der Waals surface area contributed by atoms with Crippen LogP contribution >= 0.6 is 11.8 Å². The van der Waals surface area contributed by atoms with Gasteiger partial charge in [0.15, 0.2) is 0 Å². The number of piperidine rings is 1. The molecule has 2 aromatic rings. The Hall–Kier alpha value is -2.74. The van der Waals surface area contributed by atoms with Gasteiger partial charge in [-0.1, -0.05) is 12.1 Å². The van der Waals surface area contributed by atoms with E-state index < -0.39 is 0 Å². The first-order chi connectivity index (χ1) is 16.3. The summed E-state index contributed by atoms with van der Waals surface area (Å²) in [4.78, 5) is 43.7. The number of rotatable bonds is 9. The first-order valence-electron chi connectivity index (χ1n) is 11.9. The van der Waals surface area contributed by atoms with Crippen molar-refractivity contribution < 1.29 is 19.1 Å². The average molecular weight is 486 g/mol. The van der Waals surface area contributed by atoms with Gasteiger partial charge in [-0.2, -0.15) is 0 Å². The number of hydrogen-bond donors (Lipinski definition) is 2. The van der Waals surface area contributed by atoms with Gasteiger partial charge in [-0.3, -0.25) is 9.59 Å². The van der Waals surface area contributed by atoms with Crippen LogP contribution in [0.1, 0.15) is 59.1 Å². The lowest BCUT2D eigenvalue weighted by molar-refractivity contribution is -0.135. The van der Waals surface area contributed by atoms with Crippen molar-refractivity contribution in [3.63, 3.8) is 0 Å². The number of likely N-dealkylation sites (tertiary alicyclic amines) is 1. The normalized spacial score (nSPS) is 14.2.